The summed E-state index contributed by atoms with van der Waals surface area (Å²) < 4.78 is 0. The minimum Gasteiger partial charge on any atom is -0.302 e. The van der Waals surface area contributed by atoms with Gasteiger partial charge in [-0.3, -0.25) is 0 Å². The van der Waals surface area contributed by atoms with Crippen molar-refractivity contribution < 1.29 is 0 Å². The highest BCUT2D eigenvalue weighted by atomic mass is 15.1. The molecule has 0 spiro atoms. The lowest BCUT2D eigenvalue weighted by Gasteiger charge is -2.34. The Kier molecular flexibility index (Phi) is 5.14. The van der Waals surface area contributed by atoms with Gasteiger partial charge in [-0.05, 0) is 23.8 Å². The lowest BCUT2D eigenvalue weighted by atomic mass is 9.92. The highest BCUT2D eigenvalue weighted by molar-refractivity contribution is 4.74. The zero-order valence-electron chi connectivity index (χ0n) is 11.3. The van der Waals surface area contributed by atoms with Gasteiger partial charge in [0.2, 0.25) is 0 Å². The van der Waals surface area contributed by atoms with Crippen LogP contribution in [0.5, 0.6) is 0 Å². The Balaban J connectivity index is 4.16. The molecule has 0 heterocycles. The van der Waals surface area contributed by atoms with Crippen molar-refractivity contribution in [3.05, 3.63) is 0 Å². The standard InChI is InChI=1S/C13H29N/c1-8-9-14(10-12(2,3)4)11-13(5,6)7/h8-11H2,1-7H3. The number of hydrogen-bond donors (Lipinski definition) is 0. The molecule has 0 aliphatic rings. The van der Waals surface area contributed by atoms with Crippen molar-refractivity contribution in [3.63, 3.8) is 0 Å². The second kappa shape index (κ2) is 5.16. The van der Waals surface area contributed by atoms with E-state index in [1.807, 2.05) is 0 Å². The van der Waals surface area contributed by atoms with Crippen molar-refractivity contribution in [3.8, 4) is 0 Å². The van der Waals surface area contributed by atoms with E-state index in [1.165, 1.54) is 26.1 Å². The van der Waals surface area contributed by atoms with Crippen molar-refractivity contribution >= 4 is 0 Å². The molecule has 0 saturated heterocycles. The van der Waals surface area contributed by atoms with Gasteiger partial charge >= 0.3 is 0 Å². The van der Waals surface area contributed by atoms with Crippen molar-refractivity contribution in [2.24, 2.45) is 10.8 Å². The first-order valence-corrected chi connectivity index (χ1v) is 5.86. The van der Waals surface area contributed by atoms with Crippen LogP contribution in [0.25, 0.3) is 0 Å². The summed E-state index contributed by atoms with van der Waals surface area (Å²) in [7, 11) is 0. The monoisotopic (exact) mass is 199 g/mol. The molecule has 0 aliphatic heterocycles. The average Bonchev–Trinajstić information content (AvgIpc) is 1.78. The fourth-order valence-corrected chi connectivity index (χ4v) is 1.87. The molecule has 0 radical (unpaired) electrons. The Hall–Kier alpha value is -0.0400. The van der Waals surface area contributed by atoms with E-state index in [-0.39, 0.29) is 0 Å². The molecule has 0 amide bonds. The third-order valence-corrected chi connectivity index (χ3v) is 1.94. The van der Waals surface area contributed by atoms with Gasteiger partial charge in [-0.15, -0.1) is 0 Å². The van der Waals surface area contributed by atoms with Crippen LogP contribution in [0.2, 0.25) is 0 Å². The second-order valence-corrected chi connectivity index (χ2v) is 6.83. The van der Waals surface area contributed by atoms with Crippen LogP contribution < -0.4 is 0 Å². The Morgan fingerprint density at radius 1 is 0.786 bits per heavy atom. The summed E-state index contributed by atoms with van der Waals surface area (Å²) in [6.45, 7) is 19.8. The normalized spacial score (nSPS) is 13.7. The van der Waals surface area contributed by atoms with Crippen LogP contribution in [-0.2, 0) is 0 Å². The van der Waals surface area contributed by atoms with E-state index in [0.29, 0.717) is 10.8 Å². The van der Waals surface area contributed by atoms with E-state index in [2.05, 4.69) is 53.4 Å². The third kappa shape index (κ3) is 8.55. The van der Waals surface area contributed by atoms with Gasteiger partial charge in [-0.25, -0.2) is 0 Å². The van der Waals surface area contributed by atoms with Gasteiger partial charge in [0, 0.05) is 13.1 Å². The summed E-state index contributed by atoms with van der Waals surface area (Å²) in [4.78, 5) is 2.60. The van der Waals surface area contributed by atoms with Gasteiger partial charge in [0.1, 0.15) is 0 Å². The van der Waals surface area contributed by atoms with Gasteiger partial charge in [-0.1, -0.05) is 48.5 Å². The molecule has 0 N–H and O–H groups in total. The average molecular weight is 199 g/mol. The van der Waals surface area contributed by atoms with Gasteiger partial charge in [0.25, 0.3) is 0 Å². The number of rotatable bonds is 4. The lowest BCUT2D eigenvalue weighted by molar-refractivity contribution is 0.141. The highest BCUT2D eigenvalue weighted by Gasteiger charge is 2.20. The molecule has 0 aromatic carbocycles. The van der Waals surface area contributed by atoms with Crippen molar-refractivity contribution in [1.82, 2.24) is 4.90 Å². The van der Waals surface area contributed by atoms with Gasteiger partial charge in [0.15, 0.2) is 0 Å². The molecular weight excluding hydrogens is 170 g/mol. The maximum atomic E-state index is 2.60. The maximum Gasteiger partial charge on any atom is 0.00303 e. The van der Waals surface area contributed by atoms with E-state index in [0.717, 1.165) is 0 Å². The molecule has 0 fully saturated rings. The fraction of sp³-hybridized carbons (Fsp3) is 1.00. The molecule has 0 aromatic rings. The van der Waals surface area contributed by atoms with Gasteiger partial charge in [-0.2, -0.15) is 0 Å². The quantitative estimate of drug-likeness (QED) is 0.666. The molecule has 0 bridgehead atoms. The van der Waals surface area contributed by atoms with Crippen LogP contribution in [0.1, 0.15) is 54.9 Å². The zero-order chi connectivity index (χ0) is 11.4. The minimum atomic E-state index is 0.417. The molecular formula is C13H29N. The molecule has 86 valence electrons. The van der Waals surface area contributed by atoms with Crippen molar-refractivity contribution in [1.29, 1.82) is 0 Å². The molecule has 0 rings (SSSR count). The molecule has 0 aliphatic carbocycles. The Morgan fingerprint density at radius 2 is 1.14 bits per heavy atom. The zero-order valence-corrected chi connectivity index (χ0v) is 11.3. The van der Waals surface area contributed by atoms with E-state index in [9.17, 15) is 0 Å². The number of nitrogens with zero attached hydrogens (tertiary/aromatic N) is 1. The van der Waals surface area contributed by atoms with Crippen LogP contribution in [-0.4, -0.2) is 24.5 Å². The van der Waals surface area contributed by atoms with E-state index < -0.39 is 0 Å². The second-order valence-electron chi connectivity index (χ2n) is 6.83. The maximum absolute atomic E-state index is 2.60. The minimum absolute atomic E-state index is 0.417. The molecule has 1 heteroatoms. The highest BCUT2D eigenvalue weighted by Crippen LogP contribution is 2.20. The Labute approximate surface area is 90.9 Å². The van der Waals surface area contributed by atoms with Crippen LogP contribution in [0.15, 0.2) is 0 Å². The van der Waals surface area contributed by atoms with Crippen LogP contribution in [0.4, 0.5) is 0 Å². The smallest absolute Gasteiger partial charge is 0.00303 e. The summed E-state index contributed by atoms with van der Waals surface area (Å²) in [6, 6.07) is 0. The number of hydrogen-bond acceptors (Lipinski definition) is 1. The largest absolute Gasteiger partial charge is 0.302 e. The topological polar surface area (TPSA) is 3.24 Å². The van der Waals surface area contributed by atoms with E-state index >= 15 is 0 Å². The summed E-state index contributed by atoms with van der Waals surface area (Å²) in [5, 5.41) is 0. The molecule has 0 aromatic heterocycles. The predicted molar refractivity (Wildman–Crippen MR) is 65.6 cm³/mol. The molecule has 0 atom stereocenters. The van der Waals surface area contributed by atoms with Gasteiger partial charge < -0.3 is 4.90 Å². The first kappa shape index (κ1) is 14.0. The van der Waals surface area contributed by atoms with Crippen molar-refractivity contribution in [2.75, 3.05) is 19.6 Å². The molecule has 1 nitrogen and oxygen atoms in total. The van der Waals surface area contributed by atoms with E-state index in [4.69, 9.17) is 0 Å². The molecule has 14 heavy (non-hydrogen) atoms. The Morgan fingerprint density at radius 3 is 1.36 bits per heavy atom. The summed E-state index contributed by atoms with van der Waals surface area (Å²) in [5.74, 6) is 0. The summed E-state index contributed by atoms with van der Waals surface area (Å²) >= 11 is 0. The SMILES string of the molecule is CCCN(CC(C)(C)C)CC(C)(C)C. The first-order valence-electron chi connectivity index (χ1n) is 5.86. The summed E-state index contributed by atoms with van der Waals surface area (Å²) in [5.41, 5.74) is 0.834. The van der Waals surface area contributed by atoms with Crippen LogP contribution >= 0.6 is 0 Å². The molecule has 0 unspecified atom stereocenters. The Bertz CT molecular complexity index is 132. The summed E-state index contributed by atoms with van der Waals surface area (Å²) in [6.07, 6.45) is 1.26. The first-order chi connectivity index (χ1) is 6.14. The van der Waals surface area contributed by atoms with E-state index in [1.54, 1.807) is 0 Å². The van der Waals surface area contributed by atoms with Crippen LogP contribution in [0, 0.1) is 10.8 Å². The van der Waals surface area contributed by atoms with Crippen molar-refractivity contribution in [2.45, 2.75) is 54.9 Å². The lowest BCUT2D eigenvalue weighted by Crippen LogP contribution is -2.38. The van der Waals surface area contributed by atoms with Gasteiger partial charge in [0.05, 0.1) is 0 Å². The fourth-order valence-electron chi connectivity index (χ4n) is 1.87. The predicted octanol–water partition coefficient (Wildman–Crippen LogP) is 3.79. The third-order valence-electron chi connectivity index (χ3n) is 1.94. The van der Waals surface area contributed by atoms with Crippen LogP contribution in [0.3, 0.4) is 0 Å². The molecule has 0 saturated carbocycles.